The van der Waals surface area contributed by atoms with Crippen LogP contribution < -0.4 is 14.8 Å². The predicted molar refractivity (Wildman–Crippen MR) is 103 cm³/mol. The van der Waals surface area contributed by atoms with Crippen LogP contribution in [0, 0.1) is 17.8 Å². The molecule has 0 heterocycles. The second kappa shape index (κ2) is 7.64. The first kappa shape index (κ1) is 19.1. The fourth-order valence-corrected chi connectivity index (χ4v) is 5.88. The van der Waals surface area contributed by atoms with Crippen molar-refractivity contribution in [1.29, 1.82) is 0 Å². The van der Waals surface area contributed by atoms with E-state index in [0.29, 0.717) is 23.7 Å². The predicted octanol–water partition coefficient (Wildman–Crippen LogP) is 3.34. The highest BCUT2D eigenvalue weighted by Crippen LogP contribution is 2.55. The lowest BCUT2D eigenvalue weighted by Gasteiger charge is -2.56. The van der Waals surface area contributed by atoms with Crippen LogP contribution in [0.2, 0.25) is 0 Å². The Kier molecular flexibility index (Phi) is 5.21. The number of benzene rings is 1. The Hall–Kier alpha value is -2.24. The third kappa shape index (κ3) is 3.82. The van der Waals surface area contributed by atoms with Crippen molar-refractivity contribution in [2.45, 2.75) is 51.0 Å². The first-order valence-corrected chi connectivity index (χ1v) is 10.3. The van der Waals surface area contributed by atoms with Crippen molar-refractivity contribution >= 4 is 11.9 Å². The summed E-state index contributed by atoms with van der Waals surface area (Å²) in [5.74, 6) is 2.56. The number of rotatable bonds is 7. The topological polar surface area (TPSA) is 73.9 Å². The number of esters is 1. The zero-order chi connectivity index (χ0) is 19.7. The van der Waals surface area contributed by atoms with E-state index >= 15 is 0 Å². The Morgan fingerprint density at radius 2 is 1.71 bits per heavy atom. The number of ether oxygens (including phenoxy) is 3. The van der Waals surface area contributed by atoms with Crippen molar-refractivity contribution in [3.8, 4) is 11.5 Å². The zero-order valence-electron chi connectivity index (χ0n) is 16.7. The summed E-state index contributed by atoms with van der Waals surface area (Å²) in [5, 5.41) is 3.22. The number of nitrogens with one attached hydrogen (secondary N) is 1. The van der Waals surface area contributed by atoms with E-state index < -0.39 is 5.97 Å². The number of methoxy groups -OCH3 is 1. The Balaban J connectivity index is 1.33. The Morgan fingerprint density at radius 1 is 1.07 bits per heavy atom. The van der Waals surface area contributed by atoms with Crippen LogP contribution in [0.5, 0.6) is 11.5 Å². The second-order valence-electron chi connectivity index (χ2n) is 8.62. The van der Waals surface area contributed by atoms with Crippen LogP contribution in [0.25, 0.3) is 0 Å². The average Bonchev–Trinajstić information content (AvgIpc) is 2.65. The summed E-state index contributed by atoms with van der Waals surface area (Å²) in [6, 6.07) is 4.87. The van der Waals surface area contributed by atoms with E-state index in [1.807, 2.05) is 6.92 Å². The van der Waals surface area contributed by atoms with E-state index in [-0.39, 0.29) is 18.1 Å². The van der Waals surface area contributed by atoms with Gasteiger partial charge in [-0.1, -0.05) is 0 Å². The molecule has 6 heteroatoms. The number of hydrogen-bond acceptors (Lipinski definition) is 5. The summed E-state index contributed by atoms with van der Waals surface area (Å²) < 4.78 is 16.0. The maximum atomic E-state index is 12.5. The van der Waals surface area contributed by atoms with E-state index in [1.165, 1.54) is 26.4 Å². The Labute approximate surface area is 165 Å². The molecule has 1 aromatic carbocycles. The van der Waals surface area contributed by atoms with Crippen LogP contribution in [0.15, 0.2) is 18.2 Å². The molecule has 0 aliphatic heterocycles. The summed E-state index contributed by atoms with van der Waals surface area (Å²) in [4.78, 5) is 24.8. The highest BCUT2D eigenvalue weighted by atomic mass is 16.5. The van der Waals surface area contributed by atoms with Crippen molar-refractivity contribution in [2.75, 3.05) is 20.3 Å². The van der Waals surface area contributed by atoms with Gasteiger partial charge in [-0.05, 0) is 81.4 Å². The summed E-state index contributed by atoms with van der Waals surface area (Å²) >= 11 is 0. The first-order chi connectivity index (χ1) is 13.5. The maximum absolute atomic E-state index is 12.5. The van der Waals surface area contributed by atoms with Gasteiger partial charge in [-0.2, -0.15) is 0 Å². The van der Waals surface area contributed by atoms with Crippen molar-refractivity contribution in [3.63, 3.8) is 0 Å². The summed E-state index contributed by atoms with van der Waals surface area (Å²) in [6.07, 6.45) is 7.20. The van der Waals surface area contributed by atoms with Gasteiger partial charge in [0, 0.05) is 5.54 Å². The molecule has 1 N–H and O–H groups in total. The highest BCUT2D eigenvalue weighted by Gasteiger charge is 2.51. The molecule has 1 amide bonds. The number of carbonyl (C=O) groups is 2. The molecule has 28 heavy (non-hydrogen) atoms. The molecule has 0 unspecified atom stereocenters. The van der Waals surface area contributed by atoms with Crippen LogP contribution in [0.3, 0.4) is 0 Å². The van der Waals surface area contributed by atoms with Gasteiger partial charge in [0.1, 0.15) is 0 Å². The minimum absolute atomic E-state index is 0.0688. The molecule has 1 aromatic rings. The lowest BCUT2D eigenvalue weighted by molar-refractivity contribution is -0.130. The SMILES string of the molecule is CCOc1ccc(C(=O)OCC(=O)NC23CC4CC(CC(C4)C2)C3)cc1OC. The number of carbonyl (C=O) groups excluding carboxylic acids is 2. The lowest BCUT2D eigenvalue weighted by atomic mass is 9.53. The van der Waals surface area contributed by atoms with Crippen molar-refractivity contribution in [2.24, 2.45) is 17.8 Å². The molecule has 4 bridgehead atoms. The third-order valence-electron chi connectivity index (χ3n) is 6.48. The van der Waals surface area contributed by atoms with E-state index in [0.717, 1.165) is 37.0 Å². The molecule has 6 nitrogen and oxygen atoms in total. The highest BCUT2D eigenvalue weighted by molar-refractivity contribution is 5.92. The van der Waals surface area contributed by atoms with Gasteiger partial charge < -0.3 is 19.5 Å². The molecular weight excluding hydrogens is 358 g/mol. The molecule has 0 radical (unpaired) electrons. The minimum atomic E-state index is -0.540. The van der Waals surface area contributed by atoms with E-state index in [2.05, 4.69) is 5.32 Å². The maximum Gasteiger partial charge on any atom is 0.338 e. The molecule has 0 atom stereocenters. The van der Waals surface area contributed by atoms with Crippen LogP contribution in [-0.4, -0.2) is 37.7 Å². The molecule has 152 valence electrons. The summed E-state index contributed by atoms with van der Waals surface area (Å²) in [7, 11) is 1.52. The molecule has 4 aliphatic rings. The third-order valence-corrected chi connectivity index (χ3v) is 6.48. The second-order valence-corrected chi connectivity index (χ2v) is 8.62. The Bertz CT molecular complexity index is 724. The molecule has 4 aliphatic carbocycles. The van der Waals surface area contributed by atoms with Crippen LogP contribution in [0.1, 0.15) is 55.8 Å². The molecule has 4 fully saturated rings. The fourth-order valence-electron chi connectivity index (χ4n) is 5.88. The molecular formula is C22H29NO5. The molecule has 0 spiro atoms. The van der Waals surface area contributed by atoms with E-state index in [1.54, 1.807) is 18.2 Å². The molecule has 0 aromatic heterocycles. The number of amides is 1. The molecule has 0 saturated heterocycles. The fraction of sp³-hybridized carbons (Fsp3) is 0.636. The Morgan fingerprint density at radius 3 is 2.29 bits per heavy atom. The quantitative estimate of drug-likeness (QED) is 0.727. The summed E-state index contributed by atoms with van der Waals surface area (Å²) in [5.41, 5.74) is 0.267. The van der Waals surface area contributed by atoms with Crippen LogP contribution >= 0.6 is 0 Å². The average molecular weight is 387 g/mol. The minimum Gasteiger partial charge on any atom is -0.493 e. The van der Waals surface area contributed by atoms with Crippen LogP contribution in [0.4, 0.5) is 0 Å². The first-order valence-electron chi connectivity index (χ1n) is 10.3. The standard InChI is InChI=1S/C22H29NO5/c1-3-27-18-5-4-17(9-19(18)26-2)21(25)28-13-20(24)23-22-10-14-6-15(11-22)8-16(7-14)12-22/h4-5,9,14-16H,3,6-8,10-13H2,1-2H3,(H,23,24). The smallest absolute Gasteiger partial charge is 0.338 e. The summed E-state index contributed by atoms with van der Waals surface area (Å²) in [6.45, 7) is 2.13. The van der Waals surface area contributed by atoms with Crippen molar-refractivity contribution in [1.82, 2.24) is 5.32 Å². The van der Waals surface area contributed by atoms with Gasteiger partial charge in [0.05, 0.1) is 19.3 Å². The van der Waals surface area contributed by atoms with Gasteiger partial charge in [0.2, 0.25) is 0 Å². The van der Waals surface area contributed by atoms with E-state index in [9.17, 15) is 9.59 Å². The number of hydrogen-bond donors (Lipinski definition) is 1. The van der Waals surface area contributed by atoms with Crippen molar-refractivity contribution < 1.29 is 23.8 Å². The van der Waals surface area contributed by atoms with Gasteiger partial charge >= 0.3 is 5.97 Å². The normalized spacial score (nSPS) is 30.0. The lowest BCUT2D eigenvalue weighted by Crippen LogP contribution is -2.60. The monoisotopic (exact) mass is 387 g/mol. The van der Waals surface area contributed by atoms with Gasteiger partial charge in [-0.15, -0.1) is 0 Å². The zero-order valence-corrected chi connectivity index (χ0v) is 16.7. The van der Waals surface area contributed by atoms with Crippen LogP contribution in [-0.2, 0) is 9.53 Å². The molecule has 4 saturated carbocycles. The van der Waals surface area contributed by atoms with E-state index in [4.69, 9.17) is 14.2 Å². The largest absolute Gasteiger partial charge is 0.493 e. The van der Waals surface area contributed by atoms with Gasteiger partial charge in [0.25, 0.3) is 5.91 Å². The van der Waals surface area contributed by atoms with Gasteiger partial charge in [-0.25, -0.2) is 4.79 Å². The molecule has 5 rings (SSSR count). The van der Waals surface area contributed by atoms with Gasteiger partial charge in [0.15, 0.2) is 18.1 Å². The van der Waals surface area contributed by atoms with Gasteiger partial charge in [-0.3, -0.25) is 4.79 Å². The van der Waals surface area contributed by atoms with Crippen molar-refractivity contribution in [3.05, 3.63) is 23.8 Å².